The normalized spacial score (nSPS) is 12.5. The molecule has 0 amide bonds. The van der Waals surface area contributed by atoms with E-state index in [4.69, 9.17) is 0 Å². The molecule has 1 aromatic heterocycles. The van der Waals surface area contributed by atoms with Crippen LogP contribution in [0.1, 0.15) is 22.3 Å². The molecule has 69 heavy (non-hydrogen) atoms. The van der Waals surface area contributed by atoms with Gasteiger partial charge in [0.15, 0.2) is 0 Å². The fourth-order valence-corrected chi connectivity index (χ4v) is 11.1. The Hall–Kier alpha value is -8.98. The van der Waals surface area contributed by atoms with Crippen LogP contribution in [-0.2, 0) is 5.41 Å². The molecule has 13 rings (SSSR count). The highest BCUT2D eigenvalue weighted by Gasteiger charge is 2.46. The van der Waals surface area contributed by atoms with Crippen molar-refractivity contribution in [3.63, 3.8) is 0 Å². The van der Waals surface area contributed by atoms with Crippen molar-refractivity contribution < 1.29 is 0 Å². The van der Waals surface area contributed by atoms with Crippen molar-refractivity contribution >= 4 is 38.9 Å². The number of nitrogens with zero attached hydrogens (tertiary/aromatic N) is 2. The molecule has 0 saturated heterocycles. The number of aromatic nitrogens is 1. The summed E-state index contributed by atoms with van der Waals surface area (Å²) in [6.45, 7) is 0. The van der Waals surface area contributed by atoms with Gasteiger partial charge in [0.1, 0.15) is 0 Å². The number of anilines is 3. The van der Waals surface area contributed by atoms with Gasteiger partial charge in [-0.05, 0) is 127 Å². The van der Waals surface area contributed by atoms with Crippen molar-refractivity contribution in [2.75, 3.05) is 4.90 Å². The lowest BCUT2D eigenvalue weighted by Crippen LogP contribution is -2.28. The fraction of sp³-hybridized carbons (Fsp3) is 0.0149. The molecule has 0 saturated carbocycles. The summed E-state index contributed by atoms with van der Waals surface area (Å²) in [6, 6.07) is 102. The summed E-state index contributed by atoms with van der Waals surface area (Å²) in [7, 11) is 0. The summed E-state index contributed by atoms with van der Waals surface area (Å²) < 4.78 is 2.47. The van der Waals surface area contributed by atoms with Crippen LogP contribution in [0, 0.1) is 0 Å². The Morgan fingerprint density at radius 1 is 0.275 bits per heavy atom. The zero-order chi connectivity index (χ0) is 45.7. The van der Waals surface area contributed by atoms with E-state index in [0.717, 1.165) is 28.3 Å². The van der Waals surface area contributed by atoms with Gasteiger partial charge in [0, 0.05) is 33.5 Å². The summed E-state index contributed by atoms with van der Waals surface area (Å²) in [4.78, 5) is 2.34. The predicted molar refractivity (Wildman–Crippen MR) is 289 cm³/mol. The highest BCUT2D eigenvalue weighted by atomic mass is 15.1. The molecule has 12 aromatic rings. The van der Waals surface area contributed by atoms with Crippen LogP contribution in [0.3, 0.4) is 0 Å². The van der Waals surface area contributed by atoms with Gasteiger partial charge in [0.25, 0.3) is 0 Å². The first-order valence-electron chi connectivity index (χ1n) is 23.8. The molecule has 2 nitrogen and oxygen atoms in total. The van der Waals surface area contributed by atoms with Crippen molar-refractivity contribution in [1.82, 2.24) is 4.57 Å². The average Bonchev–Trinajstić information content (AvgIpc) is 3.92. The van der Waals surface area contributed by atoms with Crippen LogP contribution in [0.25, 0.3) is 72.0 Å². The second kappa shape index (κ2) is 16.7. The highest BCUT2D eigenvalue weighted by Crippen LogP contribution is 2.56. The Morgan fingerprint density at radius 3 is 1.46 bits per heavy atom. The predicted octanol–water partition coefficient (Wildman–Crippen LogP) is 17.6. The SMILES string of the molecule is c1ccc(-c2ccc(N(c3ccccc3)c3cccc(-c4ccc(-c5ccc6c7ccccc7n(-c7ccc8c(c7)-c7ccccc7C8(c7ccccc7)c7ccccc7)c6c5)cc4)c3)cc2)cc1. The lowest BCUT2D eigenvalue weighted by atomic mass is 9.68. The van der Waals surface area contributed by atoms with Crippen LogP contribution < -0.4 is 4.90 Å². The molecule has 1 aliphatic rings. The molecule has 2 heteroatoms. The van der Waals surface area contributed by atoms with E-state index >= 15 is 0 Å². The molecule has 0 N–H and O–H groups in total. The minimum Gasteiger partial charge on any atom is -0.310 e. The van der Waals surface area contributed by atoms with Crippen LogP contribution in [0.2, 0.25) is 0 Å². The molecule has 0 aliphatic heterocycles. The van der Waals surface area contributed by atoms with E-state index in [1.54, 1.807) is 0 Å². The molecule has 1 aliphatic carbocycles. The van der Waals surface area contributed by atoms with Crippen molar-refractivity contribution in [3.05, 3.63) is 301 Å². The van der Waals surface area contributed by atoms with Gasteiger partial charge in [-0.2, -0.15) is 0 Å². The van der Waals surface area contributed by atoms with Gasteiger partial charge in [0.2, 0.25) is 0 Å². The number of hydrogen-bond acceptors (Lipinski definition) is 1. The molecule has 0 fully saturated rings. The average molecular weight is 879 g/mol. The topological polar surface area (TPSA) is 8.17 Å². The molecule has 1 heterocycles. The van der Waals surface area contributed by atoms with Crippen LogP contribution in [0.15, 0.2) is 279 Å². The first kappa shape index (κ1) is 40.3. The smallest absolute Gasteiger partial charge is 0.0713 e. The van der Waals surface area contributed by atoms with E-state index in [-0.39, 0.29) is 0 Å². The van der Waals surface area contributed by atoms with Gasteiger partial charge in [-0.1, -0.05) is 218 Å². The van der Waals surface area contributed by atoms with Crippen molar-refractivity contribution in [1.29, 1.82) is 0 Å². The Morgan fingerprint density at radius 2 is 0.754 bits per heavy atom. The first-order chi connectivity index (χ1) is 34.2. The zero-order valence-electron chi connectivity index (χ0n) is 38.0. The minimum absolute atomic E-state index is 0.440. The highest BCUT2D eigenvalue weighted by molar-refractivity contribution is 6.10. The van der Waals surface area contributed by atoms with Crippen molar-refractivity contribution in [3.8, 4) is 50.2 Å². The Labute approximate surface area is 403 Å². The largest absolute Gasteiger partial charge is 0.310 e. The maximum atomic E-state index is 2.47. The van der Waals surface area contributed by atoms with Gasteiger partial charge in [-0.3, -0.25) is 0 Å². The molecule has 0 bridgehead atoms. The summed E-state index contributed by atoms with van der Waals surface area (Å²) in [5.74, 6) is 0. The third kappa shape index (κ3) is 6.72. The maximum Gasteiger partial charge on any atom is 0.0713 e. The number of benzene rings is 11. The lowest BCUT2D eigenvalue weighted by Gasteiger charge is -2.33. The van der Waals surface area contributed by atoms with Crippen molar-refractivity contribution in [2.24, 2.45) is 0 Å². The van der Waals surface area contributed by atoms with Crippen LogP contribution in [0.5, 0.6) is 0 Å². The number of fused-ring (bicyclic) bond motifs is 6. The number of para-hydroxylation sites is 2. The van der Waals surface area contributed by atoms with Gasteiger partial charge < -0.3 is 9.47 Å². The Bertz CT molecular complexity index is 3760. The molecule has 0 spiro atoms. The van der Waals surface area contributed by atoms with Gasteiger partial charge >= 0.3 is 0 Å². The van der Waals surface area contributed by atoms with E-state index < -0.39 is 5.41 Å². The van der Waals surface area contributed by atoms with E-state index in [1.165, 1.54) is 83.0 Å². The number of hydrogen-bond donors (Lipinski definition) is 0. The summed E-state index contributed by atoms with van der Waals surface area (Å²) >= 11 is 0. The second-order valence-electron chi connectivity index (χ2n) is 18.1. The molecule has 0 atom stereocenters. The molecule has 11 aromatic carbocycles. The van der Waals surface area contributed by atoms with Gasteiger partial charge in [-0.15, -0.1) is 0 Å². The molecular formula is C67H46N2. The maximum absolute atomic E-state index is 2.47. The first-order valence-corrected chi connectivity index (χ1v) is 23.8. The summed E-state index contributed by atoms with van der Waals surface area (Å²) in [5.41, 5.74) is 21.2. The molecule has 0 radical (unpaired) electrons. The van der Waals surface area contributed by atoms with E-state index in [1.807, 2.05) is 0 Å². The molecular weight excluding hydrogens is 833 g/mol. The van der Waals surface area contributed by atoms with E-state index in [9.17, 15) is 0 Å². The zero-order valence-corrected chi connectivity index (χ0v) is 38.0. The van der Waals surface area contributed by atoms with Gasteiger partial charge in [-0.25, -0.2) is 0 Å². The monoisotopic (exact) mass is 878 g/mol. The Balaban J connectivity index is 0.880. The molecule has 324 valence electrons. The standard InChI is InChI=1S/C67H46N2/c1-5-18-47(19-6-1)48-36-39-56(40-37-48)68(55-25-11-4-12-26-55)57-27-17-20-51(44-57)49-32-34-50(35-33-49)52-38-42-61-60-29-14-16-31-65(60)69(66(61)45-52)58-41-43-64-62(46-58)59-28-13-15-30-63(59)67(64,53-21-7-2-8-22-53)54-23-9-3-10-24-54/h1-46H. The van der Waals surface area contributed by atoms with Gasteiger partial charge in [0.05, 0.1) is 16.4 Å². The summed E-state index contributed by atoms with van der Waals surface area (Å²) in [6.07, 6.45) is 0. The molecule has 0 unspecified atom stereocenters. The van der Waals surface area contributed by atoms with Crippen LogP contribution >= 0.6 is 0 Å². The second-order valence-corrected chi connectivity index (χ2v) is 18.1. The van der Waals surface area contributed by atoms with Crippen LogP contribution in [-0.4, -0.2) is 4.57 Å². The Kier molecular flexibility index (Phi) is 9.77. The number of rotatable bonds is 9. The van der Waals surface area contributed by atoms with E-state index in [0.29, 0.717) is 0 Å². The van der Waals surface area contributed by atoms with Crippen molar-refractivity contribution in [2.45, 2.75) is 5.41 Å². The third-order valence-electron chi connectivity index (χ3n) is 14.3. The van der Waals surface area contributed by atoms with E-state index in [2.05, 4.69) is 289 Å². The summed E-state index contributed by atoms with van der Waals surface area (Å²) in [5, 5.41) is 2.49. The van der Waals surface area contributed by atoms with Crippen LogP contribution in [0.4, 0.5) is 17.1 Å². The minimum atomic E-state index is -0.440. The quantitative estimate of drug-likeness (QED) is 0.140. The fourth-order valence-electron chi connectivity index (χ4n) is 11.1. The third-order valence-corrected chi connectivity index (χ3v) is 14.3. The lowest BCUT2D eigenvalue weighted by molar-refractivity contribution is 0.768.